The van der Waals surface area contributed by atoms with E-state index in [1.165, 1.54) is 18.3 Å². The summed E-state index contributed by atoms with van der Waals surface area (Å²) in [6.45, 7) is 2.04. The van der Waals surface area contributed by atoms with Gasteiger partial charge in [0, 0.05) is 29.3 Å². The van der Waals surface area contributed by atoms with Crippen LogP contribution in [0, 0.1) is 23.1 Å². The van der Waals surface area contributed by atoms with Gasteiger partial charge < -0.3 is 9.84 Å². The minimum Gasteiger partial charge on any atom is -0.497 e. The molecule has 2 heterocycles. The number of aromatic nitrogens is 1. The average molecular weight is 533 g/mol. The number of aliphatic hydroxyl groups excluding tert-OH is 1. The maximum Gasteiger partial charge on any atom is 0.143 e. The van der Waals surface area contributed by atoms with E-state index < -0.39 is 12.0 Å². The summed E-state index contributed by atoms with van der Waals surface area (Å²) in [6.07, 6.45) is 2.47. The molecule has 1 saturated heterocycles. The first kappa shape index (κ1) is 26.6. The van der Waals surface area contributed by atoms with Gasteiger partial charge in [0.2, 0.25) is 0 Å². The number of pyridine rings is 1. The van der Waals surface area contributed by atoms with E-state index in [4.69, 9.17) is 27.9 Å². The van der Waals surface area contributed by atoms with Crippen LogP contribution in [0.3, 0.4) is 0 Å². The van der Waals surface area contributed by atoms with Crippen LogP contribution in [0.2, 0.25) is 10.0 Å². The van der Waals surface area contributed by atoms with Crippen molar-refractivity contribution in [2.45, 2.75) is 31.9 Å². The third-order valence-electron chi connectivity index (χ3n) is 7.02. The van der Waals surface area contributed by atoms with Crippen molar-refractivity contribution >= 4 is 34.1 Å². The highest BCUT2D eigenvalue weighted by Crippen LogP contribution is 2.41. The Kier molecular flexibility index (Phi) is 8.69. The molecule has 2 aromatic carbocycles. The predicted octanol–water partition coefficient (Wildman–Crippen LogP) is 6.61. The number of hydrogen-bond donors (Lipinski definition) is 1. The van der Waals surface area contributed by atoms with Crippen LogP contribution in [0.4, 0.5) is 8.78 Å². The van der Waals surface area contributed by atoms with Crippen molar-refractivity contribution in [2.24, 2.45) is 5.41 Å². The van der Waals surface area contributed by atoms with E-state index in [2.05, 4.69) is 21.7 Å². The molecule has 3 aromatic rings. The molecule has 0 saturated carbocycles. The van der Waals surface area contributed by atoms with E-state index >= 15 is 4.39 Å². The van der Waals surface area contributed by atoms with Gasteiger partial charge in [0.1, 0.15) is 17.7 Å². The van der Waals surface area contributed by atoms with Crippen LogP contribution in [-0.4, -0.2) is 48.3 Å². The summed E-state index contributed by atoms with van der Waals surface area (Å²) in [5.41, 5.74) is 1.30. The van der Waals surface area contributed by atoms with Gasteiger partial charge in [-0.2, -0.15) is 0 Å². The molecule has 1 fully saturated rings. The Bertz CT molecular complexity index is 1280. The quantitative estimate of drug-likeness (QED) is 0.348. The molecular weight excluding hydrogens is 505 g/mol. The first-order valence-corrected chi connectivity index (χ1v) is 12.6. The maximum absolute atomic E-state index is 15.6. The van der Waals surface area contributed by atoms with Crippen LogP contribution >= 0.6 is 23.2 Å². The first-order valence-electron chi connectivity index (χ1n) is 11.9. The molecule has 1 aromatic heterocycles. The number of piperidine rings is 1. The lowest BCUT2D eigenvalue weighted by Crippen LogP contribution is -2.42. The van der Waals surface area contributed by atoms with Crippen molar-refractivity contribution in [1.82, 2.24) is 9.88 Å². The Hall–Kier alpha value is -2.43. The molecule has 0 unspecified atom stereocenters. The normalized spacial score (nSPS) is 16.4. The standard InChI is InChI=1S/C28H28Cl2F2N2O2/c1-36-20-5-7-26-21(16-20)27(23(30)17-33-26)24(31)8-9-28(18-35)10-13-34(14-11-28)12-2-3-19-4-6-22(29)25(32)15-19/h4-7,15-17,24,35H,8-14,18H2,1H3/t24-/m1/s1. The topological polar surface area (TPSA) is 45.6 Å². The zero-order chi connectivity index (χ0) is 25.7. The Labute approximate surface area is 220 Å². The molecule has 0 amide bonds. The number of aliphatic hydroxyl groups is 1. The van der Waals surface area contributed by atoms with E-state index in [0.29, 0.717) is 40.7 Å². The molecule has 0 aliphatic carbocycles. The lowest BCUT2D eigenvalue weighted by molar-refractivity contribution is 0.0344. The molecule has 0 bridgehead atoms. The van der Waals surface area contributed by atoms with Crippen molar-refractivity contribution in [1.29, 1.82) is 0 Å². The fraction of sp³-hybridized carbons (Fsp3) is 0.393. The lowest BCUT2D eigenvalue weighted by Gasteiger charge is -2.40. The smallest absolute Gasteiger partial charge is 0.143 e. The second-order valence-corrected chi connectivity index (χ2v) is 10.1. The lowest BCUT2D eigenvalue weighted by atomic mass is 9.74. The summed E-state index contributed by atoms with van der Waals surface area (Å²) < 4.78 is 34.5. The molecule has 8 heteroatoms. The Morgan fingerprint density at radius 2 is 1.94 bits per heavy atom. The highest BCUT2D eigenvalue weighted by Gasteiger charge is 2.35. The fourth-order valence-corrected chi connectivity index (χ4v) is 5.08. The van der Waals surface area contributed by atoms with Gasteiger partial charge in [0.25, 0.3) is 0 Å². The number of nitrogens with zero attached hydrogens (tertiary/aromatic N) is 2. The van der Waals surface area contributed by atoms with Crippen molar-refractivity contribution in [2.75, 3.05) is 33.4 Å². The predicted molar refractivity (Wildman–Crippen MR) is 140 cm³/mol. The summed E-state index contributed by atoms with van der Waals surface area (Å²) in [5.74, 6) is 6.17. The number of fused-ring (bicyclic) bond motifs is 1. The van der Waals surface area contributed by atoms with Gasteiger partial charge in [-0.1, -0.05) is 35.0 Å². The van der Waals surface area contributed by atoms with Gasteiger partial charge in [0.15, 0.2) is 0 Å². The number of likely N-dealkylation sites (tertiary alicyclic amines) is 1. The monoisotopic (exact) mass is 532 g/mol. The van der Waals surface area contributed by atoms with Crippen molar-refractivity contribution in [3.05, 3.63) is 69.6 Å². The molecule has 1 N–H and O–H groups in total. The summed E-state index contributed by atoms with van der Waals surface area (Å²) >= 11 is 12.1. The van der Waals surface area contributed by atoms with E-state index in [-0.39, 0.29) is 28.5 Å². The molecule has 0 spiro atoms. The van der Waals surface area contributed by atoms with Crippen molar-refractivity contribution in [3.63, 3.8) is 0 Å². The highest BCUT2D eigenvalue weighted by atomic mass is 35.5. The molecule has 1 aliphatic rings. The third-order valence-corrected chi connectivity index (χ3v) is 7.62. The van der Waals surface area contributed by atoms with Crippen LogP contribution in [0.25, 0.3) is 10.9 Å². The molecule has 0 radical (unpaired) electrons. The van der Waals surface area contributed by atoms with Gasteiger partial charge in [-0.3, -0.25) is 9.88 Å². The van der Waals surface area contributed by atoms with Crippen LogP contribution < -0.4 is 4.74 Å². The van der Waals surface area contributed by atoms with Crippen LogP contribution in [0.15, 0.2) is 42.6 Å². The Morgan fingerprint density at radius 3 is 2.64 bits per heavy atom. The van der Waals surface area contributed by atoms with Gasteiger partial charge in [0.05, 0.1) is 29.2 Å². The summed E-state index contributed by atoms with van der Waals surface area (Å²) in [7, 11) is 1.56. The third kappa shape index (κ3) is 6.10. The largest absolute Gasteiger partial charge is 0.497 e. The van der Waals surface area contributed by atoms with E-state index in [1.54, 1.807) is 31.4 Å². The summed E-state index contributed by atoms with van der Waals surface area (Å²) in [5, 5.41) is 11.2. The molecule has 4 nitrogen and oxygen atoms in total. The molecule has 1 atom stereocenters. The first-order chi connectivity index (χ1) is 17.3. The zero-order valence-electron chi connectivity index (χ0n) is 20.0. The summed E-state index contributed by atoms with van der Waals surface area (Å²) in [6, 6.07) is 9.84. The highest BCUT2D eigenvalue weighted by molar-refractivity contribution is 6.32. The molecular formula is C28H28Cl2F2N2O2. The Balaban J connectivity index is 1.37. The number of halogens is 4. The molecule has 1 aliphatic heterocycles. The SMILES string of the molecule is COc1ccc2ncc(Cl)c([C@H](F)CCC3(CO)CCN(CC#Cc4ccc(Cl)c(F)c4)CC3)c2c1. The van der Waals surface area contributed by atoms with Gasteiger partial charge in [-0.25, -0.2) is 8.78 Å². The average Bonchev–Trinajstić information content (AvgIpc) is 2.89. The zero-order valence-corrected chi connectivity index (χ0v) is 21.5. The van der Waals surface area contributed by atoms with E-state index in [9.17, 15) is 9.50 Å². The number of rotatable bonds is 7. The van der Waals surface area contributed by atoms with Gasteiger partial charge in [-0.05, 0) is 80.6 Å². The minimum atomic E-state index is -1.29. The van der Waals surface area contributed by atoms with Crippen LogP contribution in [0.1, 0.15) is 43.0 Å². The number of ether oxygens (including phenoxy) is 1. The van der Waals surface area contributed by atoms with E-state index in [0.717, 1.165) is 25.9 Å². The van der Waals surface area contributed by atoms with Crippen LogP contribution in [0.5, 0.6) is 5.75 Å². The molecule has 4 rings (SSSR count). The van der Waals surface area contributed by atoms with Crippen molar-refractivity contribution in [3.8, 4) is 17.6 Å². The Morgan fingerprint density at radius 1 is 1.17 bits per heavy atom. The van der Waals surface area contributed by atoms with Gasteiger partial charge in [-0.15, -0.1) is 0 Å². The molecule has 190 valence electrons. The van der Waals surface area contributed by atoms with Gasteiger partial charge >= 0.3 is 0 Å². The van der Waals surface area contributed by atoms with Crippen molar-refractivity contribution < 1.29 is 18.6 Å². The number of methoxy groups -OCH3 is 1. The number of hydrogen-bond acceptors (Lipinski definition) is 4. The second kappa shape index (κ2) is 11.7. The van der Waals surface area contributed by atoms with E-state index in [1.807, 2.05) is 0 Å². The second-order valence-electron chi connectivity index (χ2n) is 9.27. The number of benzene rings is 2. The minimum absolute atomic E-state index is 0.00192. The number of alkyl halides is 1. The summed E-state index contributed by atoms with van der Waals surface area (Å²) in [4.78, 5) is 6.50. The molecule has 36 heavy (non-hydrogen) atoms. The maximum atomic E-state index is 15.6. The van der Waals surface area contributed by atoms with Crippen LogP contribution in [-0.2, 0) is 0 Å². The fourth-order valence-electron chi connectivity index (χ4n) is 4.69.